The molecule has 1 aromatic carbocycles. The van der Waals surface area contributed by atoms with E-state index >= 15 is 0 Å². The summed E-state index contributed by atoms with van der Waals surface area (Å²) in [7, 11) is 1.52. The van der Waals surface area contributed by atoms with Crippen LogP contribution in [0.25, 0.3) is 4.85 Å². The van der Waals surface area contributed by atoms with Gasteiger partial charge in [-0.2, -0.15) is 5.26 Å². The van der Waals surface area contributed by atoms with Crippen molar-refractivity contribution in [1.82, 2.24) is 0 Å². The molecule has 0 spiro atoms. The number of ether oxygens (including phenoxy) is 1. The number of hydrogen-bond acceptors (Lipinski definition) is 2. The molecule has 1 aromatic rings. The minimum Gasteiger partial charge on any atom is -0.498 e. The van der Waals surface area contributed by atoms with E-state index in [4.69, 9.17) is 16.6 Å². The van der Waals surface area contributed by atoms with E-state index in [1.807, 2.05) is 6.07 Å². The molecule has 58 valence electrons. The lowest BCUT2D eigenvalue weighted by molar-refractivity contribution is 0.415. The van der Waals surface area contributed by atoms with Crippen LogP contribution >= 0.6 is 0 Å². The third-order valence-electron chi connectivity index (χ3n) is 1.45. The van der Waals surface area contributed by atoms with Gasteiger partial charge in [0.15, 0.2) is 0 Å². The van der Waals surface area contributed by atoms with Gasteiger partial charge in [0.05, 0.1) is 25.3 Å². The fourth-order valence-corrected chi connectivity index (χ4v) is 0.825. The zero-order valence-corrected chi connectivity index (χ0v) is 6.53. The second kappa shape index (κ2) is 3.41. The van der Waals surface area contributed by atoms with Crippen molar-refractivity contribution in [3.8, 4) is 11.8 Å². The van der Waals surface area contributed by atoms with Crippen molar-refractivity contribution in [2.75, 3.05) is 7.11 Å². The number of methoxy groups -OCH3 is 1. The van der Waals surface area contributed by atoms with E-state index in [0.717, 1.165) is 0 Å². The molecule has 0 saturated carbocycles. The van der Waals surface area contributed by atoms with E-state index in [1.54, 1.807) is 18.2 Å². The third kappa shape index (κ3) is 1.36. The summed E-state index contributed by atoms with van der Waals surface area (Å²) in [5.41, 5.74) is 0.711. The maximum Gasteiger partial charge on any atom is 0.208 e. The molecule has 0 bridgehead atoms. The highest BCUT2D eigenvalue weighted by molar-refractivity contribution is 5.61. The lowest BCUT2D eigenvalue weighted by Gasteiger charge is -1.99. The van der Waals surface area contributed by atoms with E-state index in [0.29, 0.717) is 17.0 Å². The van der Waals surface area contributed by atoms with E-state index in [-0.39, 0.29) is 0 Å². The molecule has 0 atom stereocenters. The number of nitrogens with zero attached hydrogens (tertiary/aromatic N) is 2. The Kier molecular flexibility index (Phi) is 2.30. The van der Waals surface area contributed by atoms with E-state index in [2.05, 4.69) is 4.85 Å². The lowest BCUT2D eigenvalue weighted by atomic mass is 10.2. The molecule has 12 heavy (non-hydrogen) atoms. The maximum atomic E-state index is 8.58. The molecule has 0 saturated heterocycles. The minimum absolute atomic E-state index is 0.330. The number of hydrogen-bond donors (Lipinski definition) is 0. The predicted molar refractivity (Wildman–Crippen MR) is 44.0 cm³/mol. The Morgan fingerprint density at radius 2 is 2.33 bits per heavy atom. The zero-order chi connectivity index (χ0) is 8.97. The molecule has 0 amide bonds. The highest BCUT2D eigenvalue weighted by Crippen LogP contribution is 2.24. The number of rotatable bonds is 1. The average Bonchev–Trinajstić information content (AvgIpc) is 2.16. The number of benzene rings is 1. The second-order valence-electron chi connectivity index (χ2n) is 2.11. The SMILES string of the molecule is [C-]#[N+]c1cc(OC)ccc1C#N. The van der Waals surface area contributed by atoms with Crippen LogP contribution in [0.4, 0.5) is 5.69 Å². The summed E-state index contributed by atoms with van der Waals surface area (Å²) in [6, 6.07) is 6.71. The highest BCUT2D eigenvalue weighted by atomic mass is 16.5. The Morgan fingerprint density at radius 1 is 1.58 bits per heavy atom. The first-order chi connectivity index (χ1) is 5.81. The normalized spacial score (nSPS) is 8.25. The van der Waals surface area contributed by atoms with Gasteiger partial charge < -0.3 is 4.74 Å². The summed E-state index contributed by atoms with van der Waals surface area (Å²) in [5.74, 6) is 0.597. The molecule has 0 N–H and O–H groups in total. The molecule has 0 radical (unpaired) electrons. The van der Waals surface area contributed by atoms with Crippen LogP contribution in [0.5, 0.6) is 5.75 Å². The zero-order valence-electron chi connectivity index (χ0n) is 6.53. The Morgan fingerprint density at radius 3 is 2.83 bits per heavy atom. The van der Waals surface area contributed by atoms with Crippen LogP contribution in [0.2, 0.25) is 0 Å². The van der Waals surface area contributed by atoms with E-state index in [1.165, 1.54) is 7.11 Å². The van der Waals surface area contributed by atoms with Crippen LogP contribution in [-0.2, 0) is 0 Å². The van der Waals surface area contributed by atoms with Gasteiger partial charge >= 0.3 is 0 Å². The van der Waals surface area contributed by atoms with Crippen molar-refractivity contribution in [2.45, 2.75) is 0 Å². The summed E-state index contributed by atoms with van der Waals surface area (Å²) in [4.78, 5) is 3.20. The standard InChI is InChI=1S/C9H6N2O/c1-11-9-5-8(12-2)4-3-7(9)6-10/h3-5H,2H3. The third-order valence-corrected chi connectivity index (χ3v) is 1.45. The monoisotopic (exact) mass is 158 g/mol. The van der Waals surface area contributed by atoms with Crippen LogP contribution in [-0.4, -0.2) is 7.11 Å². The van der Waals surface area contributed by atoms with Gasteiger partial charge in [0.1, 0.15) is 5.75 Å². The molecular weight excluding hydrogens is 152 g/mol. The van der Waals surface area contributed by atoms with Gasteiger partial charge in [-0.1, -0.05) is 6.07 Å². The molecule has 3 nitrogen and oxygen atoms in total. The smallest absolute Gasteiger partial charge is 0.208 e. The first kappa shape index (κ1) is 8.10. The fraction of sp³-hybridized carbons (Fsp3) is 0.111. The quantitative estimate of drug-likeness (QED) is 0.587. The predicted octanol–water partition coefficient (Wildman–Crippen LogP) is 2.12. The molecule has 0 unspecified atom stereocenters. The second-order valence-corrected chi connectivity index (χ2v) is 2.11. The van der Waals surface area contributed by atoms with Gasteiger partial charge in [0.2, 0.25) is 5.69 Å². The van der Waals surface area contributed by atoms with Crippen molar-refractivity contribution < 1.29 is 4.74 Å². The van der Waals surface area contributed by atoms with Crippen molar-refractivity contribution in [3.63, 3.8) is 0 Å². The molecule has 0 heterocycles. The topological polar surface area (TPSA) is 37.4 Å². The highest BCUT2D eigenvalue weighted by Gasteiger charge is 2.01. The van der Waals surface area contributed by atoms with Gasteiger partial charge in [0, 0.05) is 0 Å². The van der Waals surface area contributed by atoms with Crippen LogP contribution in [0, 0.1) is 17.9 Å². The lowest BCUT2D eigenvalue weighted by Crippen LogP contribution is -1.82. The van der Waals surface area contributed by atoms with Crippen molar-refractivity contribution in [3.05, 3.63) is 35.2 Å². The van der Waals surface area contributed by atoms with E-state index < -0.39 is 0 Å². The van der Waals surface area contributed by atoms with Crippen molar-refractivity contribution in [1.29, 1.82) is 5.26 Å². The Hall–Kier alpha value is -2.00. The first-order valence-corrected chi connectivity index (χ1v) is 3.27. The van der Waals surface area contributed by atoms with E-state index in [9.17, 15) is 0 Å². The summed E-state index contributed by atoms with van der Waals surface area (Å²) >= 11 is 0. The van der Waals surface area contributed by atoms with Crippen molar-refractivity contribution >= 4 is 5.69 Å². The minimum atomic E-state index is 0.330. The van der Waals surface area contributed by atoms with Crippen LogP contribution in [0.3, 0.4) is 0 Å². The van der Waals surface area contributed by atoms with Gasteiger partial charge in [-0.05, 0) is 12.1 Å². The Balaban J connectivity index is 3.25. The van der Waals surface area contributed by atoms with Crippen LogP contribution in [0.1, 0.15) is 5.56 Å². The molecule has 0 aromatic heterocycles. The van der Waals surface area contributed by atoms with Crippen LogP contribution in [0.15, 0.2) is 18.2 Å². The largest absolute Gasteiger partial charge is 0.498 e. The van der Waals surface area contributed by atoms with Gasteiger partial charge in [-0.15, -0.1) is 0 Å². The summed E-state index contributed by atoms with van der Waals surface area (Å²) in [6.07, 6.45) is 0. The molecule has 0 aliphatic heterocycles. The van der Waals surface area contributed by atoms with Crippen LogP contribution < -0.4 is 4.74 Å². The maximum absolute atomic E-state index is 8.58. The molecule has 3 heteroatoms. The van der Waals surface area contributed by atoms with Gasteiger partial charge in [-0.25, -0.2) is 4.85 Å². The molecule has 1 rings (SSSR count). The van der Waals surface area contributed by atoms with Gasteiger partial charge in [0.25, 0.3) is 0 Å². The summed E-state index contributed by atoms with van der Waals surface area (Å²) in [6.45, 7) is 6.78. The molecular formula is C9H6N2O. The van der Waals surface area contributed by atoms with Gasteiger partial charge in [-0.3, -0.25) is 0 Å². The Labute approximate surface area is 70.6 Å². The summed E-state index contributed by atoms with van der Waals surface area (Å²) in [5, 5.41) is 8.58. The molecule has 0 aliphatic rings. The first-order valence-electron chi connectivity index (χ1n) is 3.27. The molecule has 0 aliphatic carbocycles. The average molecular weight is 158 g/mol. The summed E-state index contributed by atoms with van der Waals surface area (Å²) < 4.78 is 4.90. The van der Waals surface area contributed by atoms with Crippen molar-refractivity contribution in [2.24, 2.45) is 0 Å². The Bertz CT molecular complexity index is 371. The number of nitriles is 1. The fourth-order valence-electron chi connectivity index (χ4n) is 0.825. The molecule has 0 fully saturated rings.